The minimum absolute atomic E-state index is 0.0631. The molecule has 8 heteroatoms. The molecule has 1 N–H and O–H groups in total. The summed E-state index contributed by atoms with van der Waals surface area (Å²) < 4.78 is 1.73. The van der Waals surface area contributed by atoms with E-state index in [1.807, 2.05) is 48.7 Å². The number of nitrogens with one attached hydrogen (secondary N) is 1. The number of aromatic amines is 1. The average molecular weight is 369 g/mol. The van der Waals surface area contributed by atoms with Crippen molar-refractivity contribution in [3.05, 3.63) is 58.4 Å². The Balaban J connectivity index is 1.53. The second-order valence-corrected chi connectivity index (χ2v) is 7.91. The van der Waals surface area contributed by atoms with Crippen LogP contribution < -0.4 is 0 Å². The van der Waals surface area contributed by atoms with Crippen molar-refractivity contribution in [1.82, 2.24) is 25.2 Å². The van der Waals surface area contributed by atoms with E-state index in [1.165, 1.54) is 16.6 Å². The molecule has 0 fully saturated rings. The number of Topliss-reactive ketones (excluding diaryl/α,β-unsaturated/α-hetero) is 1. The van der Waals surface area contributed by atoms with Gasteiger partial charge in [0.1, 0.15) is 0 Å². The molecule has 0 radical (unpaired) electrons. The third-order valence-electron chi connectivity index (χ3n) is 3.89. The maximum absolute atomic E-state index is 12.9. The smallest absolute Gasteiger partial charge is 0.210 e. The number of carbonyl (C=O) groups excluding carboxylic acids is 1. The predicted molar refractivity (Wildman–Crippen MR) is 99.2 cm³/mol. The second kappa shape index (κ2) is 6.81. The van der Waals surface area contributed by atoms with Crippen molar-refractivity contribution >= 4 is 39.8 Å². The van der Waals surface area contributed by atoms with Gasteiger partial charge in [-0.25, -0.2) is 4.68 Å². The summed E-state index contributed by atoms with van der Waals surface area (Å²) in [6, 6.07) is 11.8. The van der Waals surface area contributed by atoms with Gasteiger partial charge in [-0.2, -0.15) is 0 Å². The van der Waals surface area contributed by atoms with Crippen molar-refractivity contribution < 1.29 is 4.79 Å². The van der Waals surface area contributed by atoms with Crippen LogP contribution in [0.15, 0.2) is 53.1 Å². The largest absolute Gasteiger partial charge is 0.360 e. The molecule has 1 aromatic carbocycles. The zero-order valence-corrected chi connectivity index (χ0v) is 15.0. The quantitative estimate of drug-likeness (QED) is 0.415. The number of hydrogen-bond acceptors (Lipinski definition) is 6. The van der Waals surface area contributed by atoms with Gasteiger partial charge in [0.25, 0.3) is 0 Å². The Kier molecular flexibility index (Phi) is 4.37. The molecule has 1 atom stereocenters. The molecule has 0 saturated heterocycles. The number of tetrazole rings is 1. The fraction of sp³-hybridized carbons (Fsp3) is 0.176. The van der Waals surface area contributed by atoms with E-state index in [2.05, 4.69) is 20.5 Å². The third-order valence-corrected chi connectivity index (χ3v) is 5.82. The molecule has 3 heterocycles. The van der Waals surface area contributed by atoms with Crippen molar-refractivity contribution in [1.29, 1.82) is 0 Å². The Hall–Kier alpha value is -2.45. The van der Waals surface area contributed by atoms with E-state index in [4.69, 9.17) is 0 Å². The molecule has 4 rings (SSSR count). The number of thioether (sulfide) groups is 1. The molecular formula is C17H15N5OS2. The van der Waals surface area contributed by atoms with E-state index in [-0.39, 0.29) is 11.0 Å². The number of benzene rings is 1. The van der Waals surface area contributed by atoms with Crippen molar-refractivity contribution in [2.75, 3.05) is 0 Å². The lowest BCUT2D eigenvalue weighted by atomic mass is 10.1. The Bertz CT molecular complexity index is 1010. The number of carbonyl (C=O) groups is 1. The van der Waals surface area contributed by atoms with Crippen molar-refractivity contribution in [3.63, 3.8) is 0 Å². The normalized spacial score (nSPS) is 12.5. The number of ketones is 1. The van der Waals surface area contributed by atoms with Gasteiger partial charge < -0.3 is 4.98 Å². The molecule has 126 valence electrons. The number of thiophene rings is 1. The summed E-state index contributed by atoms with van der Waals surface area (Å²) in [7, 11) is 0. The molecule has 0 aliphatic carbocycles. The number of hydrogen-bond donors (Lipinski definition) is 1. The first-order valence-corrected chi connectivity index (χ1v) is 9.54. The van der Waals surface area contributed by atoms with E-state index >= 15 is 0 Å². The topological polar surface area (TPSA) is 76.5 Å². The molecule has 0 saturated carbocycles. The highest BCUT2D eigenvalue weighted by atomic mass is 32.2. The van der Waals surface area contributed by atoms with Crippen LogP contribution >= 0.6 is 23.1 Å². The molecule has 0 bridgehead atoms. The Labute approximate surface area is 152 Å². The van der Waals surface area contributed by atoms with E-state index in [9.17, 15) is 4.79 Å². The highest BCUT2D eigenvalue weighted by Gasteiger charge is 2.22. The molecule has 0 amide bonds. The first-order valence-electron chi connectivity index (χ1n) is 7.78. The van der Waals surface area contributed by atoms with E-state index in [1.54, 1.807) is 22.2 Å². The summed E-state index contributed by atoms with van der Waals surface area (Å²) in [6.45, 7) is 2.50. The average Bonchev–Trinajstić information content (AvgIpc) is 3.36. The summed E-state index contributed by atoms with van der Waals surface area (Å²) in [4.78, 5) is 17.2. The van der Waals surface area contributed by atoms with Crippen LogP contribution in [0.1, 0.15) is 22.2 Å². The van der Waals surface area contributed by atoms with Gasteiger partial charge in [0.15, 0.2) is 5.78 Å². The standard InChI is InChI=1S/C17H15N5OS2/c1-11(16(23)14-9-18-15-7-3-2-6-13(14)15)25-17-19-20-21-22(17)10-12-5-4-8-24-12/h2-9,11,18H,10H2,1H3/t11-/m0/s1. The van der Waals surface area contributed by atoms with Gasteiger partial charge >= 0.3 is 0 Å². The first kappa shape index (κ1) is 16.0. The van der Waals surface area contributed by atoms with Crippen LogP contribution in [0.25, 0.3) is 10.9 Å². The second-order valence-electron chi connectivity index (χ2n) is 5.57. The van der Waals surface area contributed by atoms with Crippen LogP contribution in [0.5, 0.6) is 0 Å². The number of nitrogens with zero attached hydrogens (tertiary/aromatic N) is 4. The maximum atomic E-state index is 12.9. The molecule has 4 aromatic rings. The molecule has 0 aliphatic rings. The van der Waals surface area contributed by atoms with Gasteiger partial charge in [-0.1, -0.05) is 36.0 Å². The third kappa shape index (κ3) is 3.22. The monoisotopic (exact) mass is 369 g/mol. The Morgan fingerprint density at radius 1 is 1.32 bits per heavy atom. The van der Waals surface area contributed by atoms with Gasteiger partial charge in [-0.15, -0.1) is 16.4 Å². The van der Waals surface area contributed by atoms with Crippen LogP contribution in [0, 0.1) is 0 Å². The van der Waals surface area contributed by atoms with Crippen LogP contribution in [-0.2, 0) is 6.54 Å². The summed E-state index contributed by atoms with van der Waals surface area (Å²) >= 11 is 3.04. The van der Waals surface area contributed by atoms with Crippen molar-refractivity contribution in [2.24, 2.45) is 0 Å². The Morgan fingerprint density at radius 3 is 3.04 bits per heavy atom. The van der Waals surface area contributed by atoms with Crippen molar-refractivity contribution in [2.45, 2.75) is 23.9 Å². The molecule has 6 nitrogen and oxygen atoms in total. The minimum Gasteiger partial charge on any atom is -0.360 e. The van der Waals surface area contributed by atoms with E-state index < -0.39 is 0 Å². The van der Waals surface area contributed by atoms with Gasteiger partial charge in [-0.05, 0) is 34.9 Å². The zero-order valence-electron chi connectivity index (χ0n) is 13.4. The van der Waals surface area contributed by atoms with Gasteiger partial charge in [0.2, 0.25) is 5.16 Å². The molecular weight excluding hydrogens is 354 g/mol. The fourth-order valence-corrected chi connectivity index (χ4v) is 4.18. The van der Waals surface area contributed by atoms with Crippen LogP contribution in [0.4, 0.5) is 0 Å². The van der Waals surface area contributed by atoms with E-state index in [0.717, 1.165) is 10.9 Å². The van der Waals surface area contributed by atoms with Crippen LogP contribution in [0.2, 0.25) is 0 Å². The maximum Gasteiger partial charge on any atom is 0.210 e. The number of fused-ring (bicyclic) bond motifs is 1. The van der Waals surface area contributed by atoms with Gasteiger partial charge in [-0.3, -0.25) is 4.79 Å². The number of H-pyrrole nitrogens is 1. The van der Waals surface area contributed by atoms with Gasteiger partial charge in [0, 0.05) is 27.5 Å². The minimum atomic E-state index is -0.285. The molecule has 3 aromatic heterocycles. The summed E-state index contributed by atoms with van der Waals surface area (Å²) in [5, 5.41) is 15.2. The molecule has 0 spiro atoms. The lowest BCUT2D eigenvalue weighted by Gasteiger charge is -2.09. The summed E-state index contributed by atoms with van der Waals surface area (Å²) in [5.74, 6) is 0.0631. The van der Waals surface area contributed by atoms with E-state index in [0.29, 0.717) is 17.3 Å². The SMILES string of the molecule is C[C@H](Sc1nnnn1Cc1cccs1)C(=O)c1c[nH]c2ccccc12. The van der Waals surface area contributed by atoms with Gasteiger partial charge in [0.05, 0.1) is 11.8 Å². The van der Waals surface area contributed by atoms with Crippen LogP contribution in [-0.4, -0.2) is 36.2 Å². The Morgan fingerprint density at radius 2 is 2.20 bits per heavy atom. The molecule has 25 heavy (non-hydrogen) atoms. The fourth-order valence-electron chi connectivity index (χ4n) is 2.64. The highest BCUT2D eigenvalue weighted by molar-refractivity contribution is 8.00. The predicted octanol–water partition coefficient (Wildman–Crippen LogP) is 3.63. The number of aromatic nitrogens is 5. The highest BCUT2D eigenvalue weighted by Crippen LogP contribution is 2.27. The summed E-state index contributed by atoms with van der Waals surface area (Å²) in [5.41, 5.74) is 1.67. The number of rotatable bonds is 6. The lowest BCUT2D eigenvalue weighted by Crippen LogP contribution is -2.14. The summed E-state index contributed by atoms with van der Waals surface area (Å²) in [6.07, 6.45) is 1.78. The van der Waals surface area contributed by atoms with Crippen LogP contribution in [0.3, 0.4) is 0 Å². The zero-order chi connectivity index (χ0) is 17.2. The first-order chi connectivity index (χ1) is 12.2. The molecule has 0 aliphatic heterocycles. The lowest BCUT2D eigenvalue weighted by molar-refractivity contribution is 0.0995. The van der Waals surface area contributed by atoms with Crippen molar-refractivity contribution in [3.8, 4) is 0 Å². The molecule has 0 unspecified atom stereocenters. The number of para-hydroxylation sites is 1.